The van der Waals surface area contributed by atoms with Crippen molar-refractivity contribution in [3.63, 3.8) is 0 Å². The van der Waals surface area contributed by atoms with E-state index in [4.69, 9.17) is 14.2 Å². The fourth-order valence-corrected chi connectivity index (χ4v) is 4.30. The van der Waals surface area contributed by atoms with Crippen LogP contribution in [0.2, 0.25) is 0 Å². The Labute approximate surface area is 170 Å². The lowest BCUT2D eigenvalue weighted by molar-refractivity contribution is 0.0600. The van der Waals surface area contributed by atoms with Crippen LogP contribution in [0.4, 0.5) is 11.4 Å². The smallest absolute Gasteiger partial charge is 0.337 e. The van der Waals surface area contributed by atoms with Gasteiger partial charge in [-0.2, -0.15) is 0 Å². The Morgan fingerprint density at radius 2 is 1.93 bits per heavy atom. The molecule has 1 fully saturated rings. The van der Waals surface area contributed by atoms with E-state index < -0.39 is 16.0 Å². The van der Waals surface area contributed by atoms with E-state index in [1.165, 1.54) is 26.4 Å². The quantitative estimate of drug-likeness (QED) is 0.633. The minimum absolute atomic E-state index is 0.0281. The normalized spacial score (nSPS) is 16.3. The van der Waals surface area contributed by atoms with Gasteiger partial charge in [-0.25, -0.2) is 13.2 Å². The van der Waals surface area contributed by atoms with Gasteiger partial charge >= 0.3 is 5.97 Å². The summed E-state index contributed by atoms with van der Waals surface area (Å²) in [5.74, 6) is -0.00358. The molecule has 0 saturated carbocycles. The van der Waals surface area contributed by atoms with Gasteiger partial charge in [0.1, 0.15) is 10.6 Å². The monoisotopic (exact) mass is 420 g/mol. The summed E-state index contributed by atoms with van der Waals surface area (Å²) in [6.45, 7) is 1.18. The third kappa shape index (κ3) is 5.18. The molecule has 9 heteroatoms. The van der Waals surface area contributed by atoms with Gasteiger partial charge in [0.25, 0.3) is 10.0 Å². The van der Waals surface area contributed by atoms with Gasteiger partial charge in [-0.3, -0.25) is 4.72 Å². The summed E-state index contributed by atoms with van der Waals surface area (Å²) in [7, 11) is -1.20. The summed E-state index contributed by atoms with van der Waals surface area (Å²) in [4.78, 5) is 11.9. The molecular weight excluding hydrogens is 396 g/mol. The highest BCUT2D eigenvalue weighted by Gasteiger charge is 2.23. The van der Waals surface area contributed by atoms with Crippen LogP contribution >= 0.6 is 0 Å². The van der Waals surface area contributed by atoms with E-state index in [0.29, 0.717) is 30.3 Å². The van der Waals surface area contributed by atoms with Crippen LogP contribution < -0.4 is 14.8 Å². The maximum atomic E-state index is 13.1. The van der Waals surface area contributed by atoms with Crippen molar-refractivity contribution in [2.45, 2.75) is 23.8 Å². The van der Waals surface area contributed by atoms with Crippen molar-refractivity contribution < 1.29 is 27.4 Å². The molecule has 0 aromatic heterocycles. The van der Waals surface area contributed by atoms with Crippen molar-refractivity contribution in [2.75, 3.05) is 37.4 Å². The number of anilines is 2. The van der Waals surface area contributed by atoms with Crippen LogP contribution in [0, 0.1) is 0 Å². The van der Waals surface area contributed by atoms with Gasteiger partial charge < -0.3 is 19.5 Å². The van der Waals surface area contributed by atoms with Crippen molar-refractivity contribution >= 4 is 27.4 Å². The van der Waals surface area contributed by atoms with Crippen molar-refractivity contribution in [1.82, 2.24) is 0 Å². The van der Waals surface area contributed by atoms with Crippen LogP contribution in [0.25, 0.3) is 0 Å². The van der Waals surface area contributed by atoms with Crippen LogP contribution in [-0.4, -0.2) is 47.9 Å². The molecule has 2 aromatic carbocycles. The molecule has 3 rings (SSSR count). The Morgan fingerprint density at radius 1 is 1.17 bits per heavy atom. The predicted octanol–water partition coefficient (Wildman–Crippen LogP) is 2.87. The molecule has 2 N–H and O–H groups in total. The van der Waals surface area contributed by atoms with Gasteiger partial charge in [0, 0.05) is 18.8 Å². The molecule has 0 unspecified atom stereocenters. The maximum absolute atomic E-state index is 13.1. The Hall–Kier alpha value is -2.78. The van der Waals surface area contributed by atoms with Gasteiger partial charge in [-0.1, -0.05) is 0 Å². The zero-order chi connectivity index (χ0) is 20.9. The van der Waals surface area contributed by atoms with E-state index in [0.717, 1.165) is 12.8 Å². The number of esters is 1. The Bertz CT molecular complexity index is 953. The molecule has 1 saturated heterocycles. The van der Waals surface area contributed by atoms with Crippen molar-refractivity contribution in [2.24, 2.45) is 0 Å². The number of ether oxygens (including phenoxy) is 3. The molecule has 0 amide bonds. The van der Waals surface area contributed by atoms with E-state index in [1.807, 2.05) is 0 Å². The highest BCUT2D eigenvalue weighted by Crippen LogP contribution is 2.27. The lowest BCUT2D eigenvalue weighted by atomic mass is 10.2. The van der Waals surface area contributed by atoms with Crippen molar-refractivity contribution in [1.29, 1.82) is 0 Å². The second-order valence-corrected chi connectivity index (χ2v) is 8.20. The van der Waals surface area contributed by atoms with Crippen molar-refractivity contribution in [3.8, 4) is 5.75 Å². The lowest BCUT2D eigenvalue weighted by Crippen LogP contribution is -2.21. The number of nitrogens with one attached hydrogen (secondary N) is 2. The fraction of sp³-hybridized carbons (Fsp3) is 0.350. The summed E-state index contributed by atoms with van der Waals surface area (Å²) in [6, 6.07) is 10.9. The number of carbonyl (C=O) groups is 1. The summed E-state index contributed by atoms with van der Waals surface area (Å²) < 4.78 is 44.1. The molecule has 1 aliphatic rings. The number of hydrogen-bond acceptors (Lipinski definition) is 7. The van der Waals surface area contributed by atoms with Gasteiger partial charge in [-0.05, 0) is 55.3 Å². The second-order valence-electron chi connectivity index (χ2n) is 6.55. The first kappa shape index (κ1) is 20.9. The molecule has 2 aromatic rings. The molecule has 1 heterocycles. The topological polar surface area (TPSA) is 103 Å². The van der Waals surface area contributed by atoms with E-state index in [1.54, 1.807) is 30.3 Å². The Balaban J connectivity index is 1.89. The number of hydrogen-bond donors (Lipinski definition) is 2. The molecule has 29 heavy (non-hydrogen) atoms. The molecule has 8 nitrogen and oxygen atoms in total. The minimum atomic E-state index is -3.98. The van der Waals surface area contributed by atoms with Crippen LogP contribution in [0.1, 0.15) is 23.2 Å². The zero-order valence-corrected chi connectivity index (χ0v) is 17.1. The first-order valence-corrected chi connectivity index (χ1v) is 10.7. The number of methoxy groups -OCH3 is 2. The zero-order valence-electron chi connectivity index (χ0n) is 16.3. The summed E-state index contributed by atoms with van der Waals surface area (Å²) >= 11 is 0. The molecule has 0 radical (unpaired) electrons. The average molecular weight is 420 g/mol. The number of sulfonamides is 1. The predicted molar refractivity (Wildman–Crippen MR) is 109 cm³/mol. The molecule has 0 aliphatic carbocycles. The molecule has 0 spiro atoms. The first-order valence-electron chi connectivity index (χ1n) is 9.17. The molecule has 1 atom stereocenters. The average Bonchev–Trinajstić information content (AvgIpc) is 3.25. The SMILES string of the molecule is COC(=O)c1ccc(NC[C@@H]2CCCO2)c(S(=O)(=O)Nc2ccc(OC)cc2)c1. The van der Waals surface area contributed by atoms with Gasteiger partial charge in [-0.15, -0.1) is 0 Å². The Morgan fingerprint density at radius 3 is 2.55 bits per heavy atom. The van der Waals surface area contributed by atoms with Gasteiger partial charge in [0.05, 0.1) is 31.6 Å². The van der Waals surface area contributed by atoms with Crippen LogP contribution in [0.5, 0.6) is 5.75 Å². The van der Waals surface area contributed by atoms with E-state index in [9.17, 15) is 13.2 Å². The van der Waals surface area contributed by atoms with E-state index in [-0.39, 0.29) is 16.6 Å². The summed E-state index contributed by atoms with van der Waals surface area (Å²) in [6.07, 6.45) is 1.93. The van der Waals surface area contributed by atoms with E-state index >= 15 is 0 Å². The fourth-order valence-electron chi connectivity index (χ4n) is 3.03. The highest BCUT2D eigenvalue weighted by atomic mass is 32.2. The van der Waals surface area contributed by atoms with Crippen molar-refractivity contribution in [3.05, 3.63) is 48.0 Å². The minimum Gasteiger partial charge on any atom is -0.497 e. The van der Waals surface area contributed by atoms with Crippen LogP contribution in [0.3, 0.4) is 0 Å². The number of carbonyl (C=O) groups excluding carboxylic acids is 1. The third-order valence-corrected chi connectivity index (χ3v) is 6.00. The largest absolute Gasteiger partial charge is 0.497 e. The molecule has 0 bridgehead atoms. The second kappa shape index (κ2) is 9.15. The molecule has 1 aliphatic heterocycles. The van der Waals surface area contributed by atoms with E-state index in [2.05, 4.69) is 10.0 Å². The van der Waals surface area contributed by atoms with Gasteiger partial charge in [0.2, 0.25) is 0 Å². The first-order chi connectivity index (χ1) is 13.9. The number of benzene rings is 2. The summed E-state index contributed by atoms with van der Waals surface area (Å²) in [5.41, 5.74) is 0.902. The number of rotatable bonds is 8. The molecule has 156 valence electrons. The maximum Gasteiger partial charge on any atom is 0.337 e. The van der Waals surface area contributed by atoms with Crippen LogP contribution in [-0.2, 0) is 19.5 Å². The van der Waals surface area contributed by atoms with Gasteiger partial charge in [0.15, 0.2) is 0 Å². The summed E-state index contributed by atoms with van der Waals surface area (Å²) in [5, 5.41) is 3.13. The Kier molecular flexibility index (Phi) is 6.60. The lowest BCUT2D eigenvalue weighted by Gasteiger charge is -2.17. The third-order valence-electron chi connectivity index (χ3n) is 4.58. The van der Waals surface area contributed by atoms with Crippen LogP contribution in [0.15, 0.2) is 47.4 Å². The molecular formula is C20H24N2O6S. The highest BCUT2D eigenvalue weighted by molar-refractivity contribution is 7.92. The standard InChI is InChI=1S/C20H24N2O6S/c1-26-16-8-6-15(7-9-16)22-29(24,25)19-12-14(20(23)27-2)5-10-18(19)21-13-17-4-3-11-28-17/h5-10,12,17,21-22H,3-4,11,13H2,1-2H3/t17-/m0/s1.